The van der Waals surface area contributed by atoms with E-state index in [1.54, 1.807) is 0 Å². The molecule has 1 aromatic rings. The molecular formula is C25H38FN3O3. The van der Waals surface area contributed by atoms with Crippen LogP contribution in [-0.4, -0.2) is 59.1 Å². The number of likely N-dealkylation sites (tertiary alicyclic amines) is 1. The highest BCUT2D eigenvalue weighted by Crippen LogP contribution is 2.39. The summed E-state index contributed by atoms with van der Waals surface area (Å²) >= 11 is 0. The van der Waals surface area contributed by atoms with Crippen LogP contribution < -0.4 is 5.32 Å². The fourth-order valence-corrected chi connectivity index (χ4v) is 5.25. The Bertz CT molecular complexity index is 793. The van der Waals surface area contributed by atoms with Gasteiger partial charge in [-0.3, -0.25) is 14.6 Å². The number of hydrogen-bond acceptors (Lipinski definition) is 3. The van der Waals surface area contributed by atoms with Crippen LogP contribution in [0.1, 0.15) is 58.4 Å². The van der Waals surface area contributed by atoms with Crippen LogP contribution in [0.5, 0.6) is 0 Å². The summed E-state index contributed by atoms with van der Waals surface area (Å²) in [5.41, 5.74) is 1.24. The van der Waals surface area contributed by atoms with Crippen LogP contribution in [0.3, 0.4) is 0 Å². The molecule has 1 aromatic carbocycles. The minimum atomic E-state index is -1.07. The fourth-order valence-electron chi connectivity index (χ4n) is 5.25. The van der Waals surface area contributed by atoms with Crippen LogP contribution in [0.15, 0.2) is 24.3 Å². The number of hydrogen-bond donors (Lipinski definition) is 2. The van der Waals surface area contributed by atoms with Crippen molar-refractivity contribution in [1.29, 1.82) is 0 Å². The van der Waals surface area contributed by atoms with Crippen molar-refractivity contribution in [2.45, 2.75) is 71.5 Å². The molecule has 2 N–H and O–H groups in total. The summed E-state index contributed by atoms with van der Waals surface area (Å²) in [6, 6.07) is 6.06. The van der Waals surface area contributed by atoms with Gasteiger partial charge in [0, 0.05) is 32.7 Å². The number of nitrogens with one attached hydrogen (secondary N) is 1. The second-order valence-corrected chi connectivity index (χ2v) is 10.8. The molecule has 0 spiro atoms. The number of likely N-dealkylation sites (N-methyl/N-ethyl adjacent to an activating group) is 1. The molecule has 2 aliphatic rings. The van der Waals surface area contributed by atoms with E-state index in [1.807, 2.05) is 12.1 Å². The topological polar surface area (TPSA) is 72.9 Å². The van der Waals surface area contributed by atoms with Gasteiger partial charge in [-0.25, -0.2) is 9.18 Å². The Labute approximate surface area is 191 Å². The summed E-state index contributed by atoms with van der Waals surface area (Å²) in [5.74, 6) is 0.520. The minimum Gasteiger partial charge on any atom is -0.465 e. The summed E-state index contributed by atoms with van der Waals surface area (Å²) in [4.78, 5) is 28.2. The highest BCUT2D eigenvalue weighted by Gasteiger charge is 2.43. The van der Waals surface area contributed by atoms with Crippen molar-refractivity contribution < 1.29 is 19.1 Å². The van der Waals surface area contributed by atoms with Crippen molar-refractivity contribution in [3.63, 3.8) is 0 Å². The molecule has 32 heavy (non-hydrogen) atoms. The molecule has 6 nitrogen and oxygen atoms in total. The van der Waals surface area contributed by atoms with Crippen LogP contribution in [-0.2, 0) is 11.3 Å². The van der Waals surface area contributed by atoms with E-state index in [0.29, 0.717) is 18.3 Å². The summed E-state index contributed by atoms with van der Waals surface area (Å²) in [6.07, 6.45) is 3.22. The maximum absolute atomic E-state index is 13.2. The zero-order valence-electron chi connectivity index (χ0n) is 19.8. The smallest absolute Gasteiger partial charge is 0.407 e. The molecule has 0 aromatic heterocycles. The summed E-state index contributed by atoms with van der Waals surface area (Å²) in [6.45, 7) is 9.12. The number of carbonyl (C=O) groups is 2. The molecule has 0 bridgehead atoms. The van der Waals surface area contributed by atoms with Gasteiger partial charge in [-0.1, -0.05) is 39.3 Å². The molecule has 1 saturated heterocycles. The van der Waals surface area contributed by atoms with E-state index in [2.05, 4.69) is 31.0 Å². The van der Waals surface area contributed by atoms with E-state index in [0.717, 1.165) is 55.8 Å². The Morgan fingerprint density at radius 2 is 1.91 bits per heavy atom. The lowest BCUT2D eigenvalue weighted by molar-refractivity contribution is -0.126. The van der Waals surface area contributed by atoms with Crippen molar-refractivity contribution in [1.82, 2.24) is 15.1 Å². The Morgan fingerprint density at radius 3 is 2.53 bits per heavy atom. The molecule has 2 amide bonds. The molecule has 1 saturated carbocycles. The Hall–Kier alpha value is -2.15. The highest BCUT2D eigenvalue weighted by molar-refractivity contribution is 5.85. The Kier molecular flexibility index (Phi) is 7.80. The van der Waals surface area contributed by atoms with Gasteiger partial charge in [0.15, 0.2) is 0 Å². The van der Waals surface area contributed by atoms with Crippen molar-refractivity contribution in [3.8, 4) is 0 Å². The van der Waals surface area contributed by atoms with E-state index in [4.69, 9.17) is 0 Å². The third-order valence-corrected chi connectivity index (χ3v) is 7.06. The van der Waals surface area contributed by atoms with Crippen LogP contribution in [0.25, 0.3) is 0 Å². The normalized spacial score (nSPS) is 24.2. The number of halogens is 1. The van der Waals surface area contributed by atoms with E-state index in [9.17, 15) is 19.1 Å². The van der Waals surface area contributed by atoms with Gasteiger partial charge in [-0.2, -0.15) is 0 Å². The second kappa shape index (κ2) is 10.2. The molecule has 0 radical (unpaired) electrons. The third-order valence-electron chi connectivity index (χ3n) is 7.06. The van der Waals surface area contributed by atoms with E-state index in [-0.39, 0.29) is 23.2 Å². The molecule has 7 heteroatoms. The first-order chi connectivity index (χ1) is 15.0. The van der Waals surface area contributed by atoms with E-state index in [1.165, 1.54) is 19.2 Å². The van der Waals surface area contributed by atoms with Crippen LogP contribution in [0.4, 0.5) is 9.18 Å². The van der Waals surface area contributed by atoms with Crippen molar-refractivity contribution in [3.05, 3.63) is 35.6 Å². The predicted octanol–water partition coefficient (Wildman–Crippen LogP) is 4.35. The lowest BCUT2D eigenvalue weighted by Crippen LogP contribution is -2.51. The average molecular weight is 448 g/mol. The highest BCUT2D eigenvalue weighted by atomic mass is 19.1. The monoisotopic (exact) mass is 447 g/mol. The number of carbonyl (C=O) groups excluding carboxylic acids is 1. The number of carboxylic acid groups (broad SMARTS) is 1. The van der Waals surface area contributed by atoms with Crippen LogP contribution in [0.2, 0.25) is 0 Å². The Morgan fingerprint density at radius 1 is 1.22 bits per heavy atom. The molecule has 1 aliphatic heterocycles. The molecule has 2 fully saturated rings. The zero-order chi connectivity index (χ0) is 23.5. The number of fused-ring (bicyclic) bond motifs is 1. The molecule has 4 atom stereocenters. The van der Waals surface area contributed by atoms with Gasteiger partial charge in [0.2, 0.25) is 5.91 Å². The quantitative estimate of drug-likeness (QED) is 0.622. The lowest BCUT2D eigenvalue weighted by Gasteiger charge is -2.29. The standard InChI is InChI=1S/C25H38FN3O3/c1-25(2,3)13-5-6-22(28(4)24(31)32)23(30)27-21-12-9-18-15-29(16-20(18)21)14-17-7-10-19(26)11-8-17/h7-8,10-11,18,20-22H,5-6,9,12-16H2,1-4H3,(H,27,30)(H,31,32)/t18-,20+,21+,22-/m0/s1. The van der Waals surface area contributed by atoms with E-state index >= 15 is 0 Å². The van der Waals surface area contributed by atoms with Crippen molar-refractivity contribution >= 4 is 12.0 Å². The van der Waals surface area contributed by atoms with Gasteiger partial charge in [-0.15, -0.1) is 0 Å². The Balaban J connectivity index is 1.57. The van der Waals surface area contributed by atoms with Gasteiger partial charge in [0.25, 0.3) is 0 Å². The lowest BCUT2D eigenvalue weighted by atomic mass is 9.88. The molecule has 178 valence electrons. The summed E-state index contributed by atoms with van der Waals surface area (Å²) in [5, 5.41) is 12.7. The van der Waals surface area contributed by atoms with Gasteiger partial charge >= 0.3 is 6.09 Å². The maximum Gasteiger partial charge on any atom is 0.407 e. The molecule has 0 unspecified atom stereocenters. The third kappa shape index (κ3) is 6.44. The van der Waals surface area contributed by atoms with Gasteiger partial charge in [-0.05, 0) is 60.6 Å². The summed E-state index contributed by atoms with van der Waals surface area (Å²) in [7, 11) is 1.49. The number of amides is 2. The number of nitrogens with zero attached hydrogens (tertiary/aromatic N) is 2. The van der Waals surface area contributed by atoms with Gasteiger partial charge in [0.05, 0.1) is 0 Å². The number of benzene rings is 1. The second-order valence-electron chi connectivity index (χ2n) is 10.8. The van der Waals surface area contributed by atoms with Crippen LogP contribution >= 0.6 is 0 Å². The SMILES string of the molecule is CN(C(=O)O)[C@@H](CCCC(C)(C)C)C(=O)N[C@@H]1CC[C@H]2CN(Cc3ccc(F)cc3)C[C@H]21. The molecule has 1 aliphatic carbocycles. The molecule has 3 rings (SSSR count). The zero-order valence-corrected chi connectivity index (χ0v) is 19.8. The summed E-state index contributed by atoms with van der Waals surface area (Å²) < 4.78 is 13.2. The van der Waals surface area contributed by atoms with Gasteiger partial charge in [0.1, 0.15) is 11.9 Å². The largest absolute Gasteiger partial charge is 0.465 e. The van der Waals surface area contributed by atoms with Crippen LogP contribution in [0, 0.1) is 23.1 Å². The predicted molar refractivity (Wildman–Crippen MR) is 123 cm³/mol. The average Bonchev–Trinajstić information content (AvgIpc) is 3.26. The maximum atomic E-state index is 13.2. The van der Waals surface area contributed by atoms with Gasteiger partial charge < -0.3 is 10.4 Å². The molecular weight excluding hydrogens is 409 g/mol. The van der Waals surface area contributed by atoms with Crippen molar-refractivity contribution in [2.75, 3.05) is 20.1 Å². The fraction of sp³-hybridized carbons (Fsp3) is 0.680. The van der Waals surface area contributed by atoms with Crippen molar-refractivity contribution in [2.24, 2.45) is 17.3 Å². The van der Waals surface area contributed by atoms with E-state index < -0.39 is 12.1 Å². The molecule has 1 heterocycles. The minimum absolute atomic E-state index is 0.0815. The first-order valence-electron chi connectivity index (χ1n) is 11.8. The number of rotatable bonds is 8. The first-order valence-corrected chi connectivity index (χ1v) is 11.8. The first kappa shape index (κ1) is 24.5.